The maximum atomic E-state index is 11.5. The van der Waals surface area contributed by atoms with Crippen molar-refractivity contribution in [2.45, 2.75) is 6.04 Å². The smallest absolute Gasteiger partial charge is 0.337 e. The van der Waals surface area contributed by atoms with Gasteiger partial charge in [0.15, 0.2) is 0 Å². The van der Waals surface area contributed by atoms with E-state index in [-0.39, 0.29) is 12.0 Å². The quantitative estimate of drug-likeness (QED) is 0.443. The second kappa shape index (κ2) is 11.3. The van der Waals surface area contributed by atoms with E-state index in [9.17, 15) is 4.79 Å². The van der Waals surface area contributed by atoms with Gasteiger partial charge in [0.05, 0.1) is 18.7 Å². The van der Waals surface area contributed by atoms with Gasteiger partial charge < -0.3 is 9.47 Å². The van der Waals surface area contributed by atoms with Gasteiger partial charge >= 0.3 is 5.97 Å². The Morgan fingerprint density at radius 2 is 1.52 bits per heavy atom. The van der Waals surface area contributed by atoms with Gasteiger partial charge in [-0.3, -0.25) is 9.80 Å². The molecule has 0 aliphatic carbocycles. The van der Waals surface area contributed by atoms with E-state index in [4.69, 9.17) is 21.1 Å². The summed E-state index contributed by atoms with van der Waals surface area (Å²) < 4.78 is 10.6. The molecule has 1 fully saturated rings. The average Bonchev–Trinajstić information content (AvgIpc) is 2.87. The third kappa shape index (κ3) is 6.14. The highest BCUT2D eigenvalue weighted by Crippen LogP contribution is 2.30. The molecule has 172 valence electrons. The Labute approximate surface area is 200 Å². The maximum Gasteiger partial charge on any atom is 0.337 e. The average molecular weight is 465 g/mol. The lowest BCUT2D eigenvalue weighted by Gasteiger charge is -2.39. The Kier molecular flexibility index (Phi) is 8.00. The Bertz CT molecular complexity index is 1020. The van der Waals surface area contributed by atoms with Crippen molar-refractivity contribution in [1.29, 1.82) is 0 Å². The van der Waals surface area contributed by atoms with Crippen molar-refractivity contribution >= 4 is 17.6 Å². The number of esters is 1. The van der Waals surface area contributed by atoms with Gasteiger partial charge in [0.25, 0.3) is 0 Å². The van der Waals surface area contributed by atoms with Gasteiger partial charge in [0.1, 0.15) is 12.4 Å². The van der Waals surface area contributed by atoms with Crippen LogP contribution in [0.4, 0.5) is 0 Å². The highest BCUT2D eigenvalue weighted by Gasteiger charge is 2.26. The van der Waals surface area contributed by atoms with Gasteiger partial charge in [-0.05, 0) is 47.5 Å². The topological polar surface area (TPSA) is 42.0 Å². The van der Waals surface area contributed by atoms with E-state index in [2.05, 4.69) is 52.3 Å². The summed E-state index contributed by atoms with van der Waals surface area (Å²) in [6, 6.07) is 26.1. The van der Waals surface area contributed by atoms with Crippen molar-refractivity contribution in [3.05, 3.63) is 101 Å². The molecular weight excluding hydrogens is 436 g/mol. The van der Waals surface area contributed by atoms with E-state index in [0.717, 1.165) is 43.5 Å². The number of benzene rings is 3. The lowest BCUT2D eigenvalue weighted by atomic mass is 9.96. The van der Waals surface area contributed by atoms with Crippen LogP contribution >= 0.6 is 11.6 Å². The summed E-state index contributed by atoms with van der Waals surface area (Å²) in [4.78, 5) is 16.5. The molecule has 1 saturated heterocycles. The maximum absolute atomic E-state index is 11.5. The third-order valence-corrected chi connectivity index (χ3v) is 6.28. The number of halogens is 1. The molecule has 0 spiro atoms. The normalized spacial score (nSPS) is 15.7. The zero-order chi connectivity index (χ0) is 23.0. The van der Waals surface area contributed by atoms with E-state index in [1.807, 2.05) is 12.1 Å². The summed E-state index contributed by atoms with van der Waals surface area (Å²) in [5.74, 6) is 0.417. The van der Waals surface area contributed by atoms with Gasteiger partial charge in [0, 0.05) is 37.7 Å². The molecule has 1 aliphatic rings. The molecule has 1 unspecified atom stereocenters. The van der Waals surface area contributed by atoms with E-state index in [1.165, 1.54) is 18.2 Å². The van der Waals surface area contributed by atoms with Crippen LogP contribution in [0.15, 0.2) is 78.9 Å². The van der Waals surface area contributed by atoms with Gasteiger partial charge in [-0.2, -0.15) is 0 Å². The lowest BCUT2D eigenvalue weighted by Crippen LogP contribution is -2.48. The Morgan fingerprint density at radius 3 is 2.15 bits per heavy atom. The summed E-state index contributed by atoms with van der Waals surface area (Å²) in [5.41, 5.74) is 3.08. The predicted molar refractivity (Wildman–Crippen MR) is 131 cm³/mol. The van der Waals surface area contributed by atoms with Crippen LogP contribution < -0.4 is 4.74 Å². The molecule has 1 heterocycles. The van der Waals surface area contributed by atoms with Crippen molar-refractivity contribution in [2.24, 2.45) is 0 Å². The number of ether oxygens (including phenoxy) is 2. The molecule has 0 amide bonds. The molecule has 33 heavy (non-hydrogen) atoms. The molecule has 3 aromatic carbocycles. The van der Waals surface area contributed by atoms with E-state index < -0.39 is 0 Å². The van der Waals surface area contributed by atoms with E-state index in [1.54, 1.807) is 24.3 Å². The zero-order valence-corrected chi connectivity index (χ0v) is 19.6. The number of hydrogen-bond donors (Lipinski definition) is 0. The molecule has 0 bridgehead atoms. The first-order valence-electron chi connectivity index (χ1n) is 11.2. The molecule has 0 saturated carbocycles. The standard InChI is InChI=1S/C27H29ClN2O3/c1-32-27(31)23-9-13-25(14-10-23)33-20-19-29-15-17-30(18-16-29)26(21-5-3-2-4-6-21)22-7-11-24(28)12-8-22/h2-14,26H,15-20H2,1H3. The molecule has 0 radical (unpaired) electrons. The highest BCUT2D eigenvalue weighted by molar-refractivity contribution is 6.30. The monoisotopic (exact) mass is 464 g/mol. The fourth-order valence-electron chi connectivity index (χ4n) is 4.24. The van der Waals surface area contributed by atoms with E-state index in [0.29, 0.717) is 12.2 Å². The van der Waals surface area contributed by atoms with Gasteiger partial charge in [-0.25, -0.2) is 4.79 Å². The van der Waals surface area contributed by atoms with E-state index >= 15 is 0 Å². The van der Waals surface area contributed by atoms with Gasteiger partial charge in [-0.1, -0.05) is 54.1 Å². The van der Waals surface area contributed by atoms with Crippen LogP contribution in [0.5, 0.6) is 5.75 Å². The molecule has 1 atom stereocenters. The molecular formula is C27H29ClN2O3. The first kappa shape index (κ1) is 23.3. The number of rotatable bonds is 8. The lowest BCUT2D eigenvalue weighted by molar-refractivity contribution is 0.0600. The molecule has 3 aromatic rings. The number of hydrogen-bond acceptors (Lipinski definition) is 5. The minimum Gasteiger partial charge on any atom is -0.492 e. The first-order chi connectivity index (χ1) is 16.1. The summed E-state index contributed by atoms with van der Waals surface area (Å²) >= 11 is 6.14. The molecule has 0 aromatic heterocycles. The van der Waals surface area contributed by atoms with Crippen LogP contribution in [0.1, 0.15) is 27.5 Å². The van der Waals surface area contributed by atoms with Crippen LogP contribution in [-0.2, 0) is 4.74 Å². The molecule has 1 aliphatic heterocycles. The number of nitrogens with zero attached hydrogens (tertiary/aromatic N) is 2. The summed E-state index contributed by atoms with van der Waals surface area (Å²) in [7, 11) is 1.38. The number of carbonyl (C=O) groups is 1. The second-order valence-electron chi connectivity index (χ2n) is 8.11. The van der Waals surface area contributed by atoms with Crippen LogP contribution in [0, 0.1) is 0 Å². The van der Waals surface area contributed by atoms with Crippen molar-refractivity contribution in [2.75, 3.05) is 46.4 Å². The number of methoxy groups -OCH3 is 1. The SMILES string of the molecule is COC(=O)c1ccc(OCCN2CCN(C(c3ccccc3)c3ccc(Cl)cc3)CC2)cc1. The van der Waals surface area contributed by atoms with Crippen LogP contribution in [0.25, 0.3) is 0 Å². The van der Waals surface area contributed by atoms with Crippen molar-refractivity contribution in [1.82, 2.24) is 9.80 Å². The van der Waals surface area contributed by atoms with Crippen molar-refractivity contribution in [3.8, 4) is 5.75 Å². The van der Waals surface area contributed by atoms with Crippen molar-refractivity contribution < 1.29 is 14.3 Å². The largest absolute Gasteiger partial charge is 0.492 e. The highest BCUT2D eigenvalue weighted by atomic mass is 35.5. The Morgan fingerprint density at radius 1 is 0.879 bits per heavy atom. The summed E-state index contributed by atoms with van der Waals surface area (Å²) in [6.07, 6.45) is 0. The third-order valence-electron chi connectivity index (χ3n) is 6.02. The van der Waals surface area contributed by atoms with Crippen LogP contribution in [0.3, 0.4) is 0 Å². The minimum absolute atomic E-state index is 0.218. The molecule has 0 N–H and O–H groups in total. The first-order valence-corrected chi connectivity index (χ1v) is 11.6. The minimum atomic E-state index is -0.341. The Hall–Kier alpha value is -2.86. The molecule has 6 heteroatoms. The second-order valence-corrected chi connectivity index (χ2v) is 8.54. The predicted octanol–water partition coefficient (Wildman–Crippen LogP) is 4.91. The zero-order valence-electron chi connectivity index (χ0n) is 18.8. The summed E-state index contributed by atoms with van der Waals surface area (Å²) in [5, 5.41) is 0.760. The van der Waals surface area contributed by atoms with Crippen molar-refractivity contribution in [3.63, 3.8) is 0 Å². The molecule has 4 rings (SSSR count). The van der Waals surface area contributed by atoms with Crippen LogP contribution in [0.2, 0.25) is 5.02 Å². The van der Waals surface area contributed by atoms with Gasteiger partial charge in [0.2, 0.25) is 0 Å². The van der Waals surface area contributed by atoms with Crippen LogP contribution in [-0.4, -0.2) is 62.2 Å². The summed E-state index contributed by atoms with van der Waals surface area (Å²) in [6.45, 7) is 5.41. The molecule has 5 nitrogen and oxygen atoms in total. The number of carbonyl (C=O) groups excluding carboxylic acids is 1. The Balaban J connectivity index is 1.31. The fourth-order valence-corrected chi connectivity index (χ4v) is 4.36. The fraction of sp³-hybridized carbons (Fsp3) is 0.296. The number of piperazine rings is 1. The van der Waals surface area contributed by atoms with Gasteiger partial charge in [-0.15, -0.1) is 0 Å².